The van der Waals surface area contributed by atoms with E-state index in [9.17, 15) is 10.2 Å². The number of hydrogen-bond donors (Lipinski definition) is 2. The molecule has 25 heavy (non-hydrogen) atoms. The molecule has 0 radical (unpaired) electrons. The van der Waals surface area contributed by atoms with Gasteiger partial charge in [-0.05, 0) is 12.1 Å². The third-order valence-electron chi connectivity index (χ3n) is 5.40. The van der Waals surface area contributed by atoms with Crippen LogP contribution in [0.3, 0.4) is 0 Å². The van der Waals surface area contributed by atoms with Crippen molar-refractivity contribution in [1.29, 1.82) is 0 Å². The Kier molecular flexibility index (Phi) is 3.12. The van der Waals surface area contributed by atoms with Gasteiger partial charge in [0, 0.05) is 46.9 Å². The largest absolute Gasteiger partial charge is 0.508 e. The second-order valence-corrected chi connectivity index (χ2v) is 8.60. The first-order chi connectivity index (χ1) is 11.6. The number of phenols is 2. The minimum atomic E-state index is -0.825. The van der Waals surface area contributed by atoms with Crippen LogP contribution in [0.15, 0.2) is 36.4 Å². The number of aromatic hydroxyl groups is 2. The van der Waals surface area contributed by atoms with E-state index in [1.165, 1.54) is 0 Å². The van der Waals surface area contributed by atoms with E-state index >= 15 is 0 Å². The zero-order valence-electron chi connectivity index (χ0n) is 15.1. The van der Waals surface area contributed by atoms with Crippen molar-refractivity contribution in [2.75, 3.05) is 0 Å². The van der Waals surface area contributed by atoms with Gasteiger partial charge in [0.2, 0.25) is 0 Å². The number of rotatable bonds is 0. The molecule has 132 valence electrons. The van der Waals surface area contributed by atoms with Crippen LogP contribution in [0.2, 0.25) is 0 Å². The van der Waals surface area contributed by atoms with Crippen molar-refractivity contribution in [3.8, 4) is 23.0 Å². The van der Waals surface area contributed by atoms with Crippen molar-refractivity contribution in [3.05, 3.63) is 47.5 Å². The standard InChI is InChI=1S/C21H24O4/c1-19(2)11-21(24-17-9-13(22)5-7-15(17)19)12-20(3,4)16-8-6-14(23)10-18(16)25-21/h5-10,22-23H,11-12H2,1-4H3. The van der Waals surface area contributed by atoms with E-state index in [0.29, 0.717) is 24.3 Å². The summed E-state index contributed by atoms with van der Waals surface area (Å²) in [6.07, 6.45) is 1.38. The molecule has 4 rings (SSSR count). The summed E-state index contributed by atoms with van der Waals surface area (Å²) in [4.78, 5) is 0. The minimum absolute atomic E-state index is 0.161. The fourth-order valence-electron chi connectivity index (χ4n) is 4.47. The highest BCUT2D eigenvalue weighted by molar-refractivity contribution is 5.49. The molecule has 2 heterocycles. The molecule has 0 bridgehead atoms. The van der Waals surface area contributed by atoms with E-state index in [4.69, 9.17) is 9.47 Å². The van der Waals surface area contributed by atoms with Gasteiger partial charge in [-0.3, -0.25) is 0 Å². The van der Waals surface area contributed by atoms with Gasteiger partial charge in [0.1, 0.15) is 23.0 Å². The zero-order chi connectivity index (χ0) is 18.0. The first kappa shape index (κ1) is 16.1. The first-order valence-electron chi connectivity index (χ1n) is 8.65. The van der Waals surface area contributed by atoms with Gasteiger partial charge >= 0.3 is 0 Å². The number of fused-ring (bicyclic) bond motifs is 2. The fraction of sp³-hybridized carbons (Fsp3) is 0.429. The zero-order valence-corrected chi connectivity index (χ0v) is 15.1. The van der Waals surface area contributed by atoms with Crippen molar-refractivity contribution in [1.82, 2.24) is 0 Å². The van der Waals surface area contributed by atoms with Crippen molar-refractivity contribution in [2.24, 2.45) is 0 Å². The Labute approximate surface area is 148 Å². The molecule has 2 aliphatic rings. The molecule has 2 aliphatic heterocycles. The summed E-state index contributed by atoms with van der Waals surface area (Å²) < 4.78 is 12.7. The molecule has 1 spiro atoms. The Morgan fingerprint density at radius 1 is 0.720 bits per heavy atom. The molecule has 0 amide bonds. The molecule has 0 aliphatic carbocycles. The van der Waals surface area contributed by atoms with Crippen LogP contribution < -0.4 is 9.47 Å². The van der Waals surface area contributed by atoms with E-state index in [1.54, 1.807) is 24.3 Å². The van der Waals surface area contributed by atoms with Crippen molar-refractivity contribution >= 4 is 0 Å². The maximum Gasteiger partial charge on any atom is 0.252 e. The van der Waals surface area contributed by atoms with Gasteiger partial charge < -0.3 is 19.7 Å². The molecule has 0 fully saturated rings. The summed E-state index contributed by atoms with van der Waals surface area (Å²) in [6.45, 7) is 8.67. The average Bonchev–Trinajstić information content (AvgIpc) is 2.43. The molecular weight excluding hydrogens is 316 g/mol. The van der Waals surface area contributed by atoms with E-state index < -0.39 is 5.79 Å². The smallest absolute Gasteiger partial charge is 0.252 e. The molecule has 0 unspecified atom stereocenters. The highest BCUT2D eigenvalue weighted by Gasteiger charge is 2.53. The summed E-state index contributed by atoms with van der Waals surface area (Å²) in [7, 11) is 0. The highest BCUT2D eigenvalue weighted by atomic mass is 16.7. The first-order valence-corrected chi connectivity index (χ1v) is 8.65. The van der Waals surface area contributed by atoms with E-state index in [2.05, 4.69) is 27.7 Å². The lowest BCUT2D eigenvalue weighted by Gasteiger charge is -2.51. The van der Waals surface area contributed by atoms with Crippen LogP contribution in [0.5, 0.6) is 23.0 Å². The van der Waals surface area contributed by atoms with Crippen molar-refractivity contribution in [2.45, 2.75) is 57.2 Å². The molecule has 0 aromatic heterocycles. The summed E-state index contributed by atoms with van der Waals surface area (Å²) in [5.41, 5.74) is 1.82. The van der Waals surface area contributed by atoms with Crippen LogP contribution >= 0.6 is 0 Å². The van der Waals surface area contributed by atoms with E-state index in [1.807, 2.05) is 12.1 Å². The molecule has 4 nitrogen and oxygen atoms in total. The van der Waals surface area contributed by atoms with Crippen LogP contribution in [-0.2, 0) is 10.8 Å². The second-order valence-electron chi connectivity index (χ2n) is 8.60. The predicted octanol–water partition coefficient (Wildman–Crippen LogP) is 4.61. The van der Waals surface area contributed by atoms with Crippen LogP contribution in [0, 0.1) is 0 Å². The Morgan fingerprint density at radius 3 is 1.52 bits per heavy atom. The molecule has 2 aromatic rings. The third kappa shape index (κ3) is 2.51. The molecule has 2 N–H and O–H groups in total. The van der Waals surface area contributed by atoms with Crippen molar-refractivity contribution < 1.29 is 19.7 Å². The maximum absolute atomic E-state index is 9.89. The normalized spacial score (nSPS) is 21.6. The fourth-order valence-corrected chi connectivity index (χ4v) is 4.47. The van der Waals surface area contributed by atoms with Gasteiger partial charge in [0.05, 0.1) is 0 Å². The van der Waals surface area contributed by atoms with Crippen molar-refractivity contribution in [3.63, 3.8) is 0 Å². The molecule has 0 saturated heterocycles. The Hall–Kier alpha value is -2.36. The minimum Gasteiger partial charge on any atom is -0.508 e. The van der Waals surface area contributed by atoms with Crippen LogP contribution in [-0.4, -0.2) is 16.0 Å². The monoisotopic (exact) mass is 340 g/mol. The molecule has 2 aromatic carbocycles. The van der Waals surface area contributed by atoms with Crippen LogP contribution in [0.25, 0.3) is 0 Å². The lowest BCUT2D eigenvalue weighted by molar-refractivity contribution is -0.166. The summed E-state index contributed by atoms with van der Waals surface area (Å²) in [5, 5.41) is 19.8. The maximum atomic E-state index is 9.89. The van der Waals surface area contributed by atoms with Gasteiger partial charge in [-0.15, -0.1) is 0 Å². The number of benzene rings is 2. The lowest BCUT2D eigenvalue weighted by atomic mass is 9.69. The molecule has 4 heteroatoms. The van der Waals surface area contributed by atoms with Gasteiger partial charge in [0.15, 0.2) is 0 Å². The van der Waals surface area contributed by atoms with Gasteiger partial charge in [-0.1, -0.05) is 39.8 Å². The summed E-state index contributed by atoms with van der Waals surface area (Å²) in [6, 6.07) is 10.6. The Bertz CT molecular complexity index is 779. The quantitative estimate of drug-likeness (QED) is 0.735. The lowest BCUT2D eigenvalue weighted by Crippen LogP contribution is -2.55. The van der Waals surface area contributed by atoms with Gasteiger partial charge in [-0.2, -0.15) is 0 Å². The molecular formula is C21H24O4. The highest BCUT2D eigenvalue weighted by Crippen LogP contribution is 2.54. The predicted molar refractivity (Wildman–Crippen MR) is 95.5 cm³/mol. The topological polar surface area (TPSA) is 58.9 Å². The second kappa shape index (κ2) is 4.84. The number of hydrogen-bond acceptors (Lipinski definition) is 4. The average molecular weight is 340 g/mol. The van der Waals surface area contributed by atoms with Crippen LogP contribution in [0.1, 0.15) is 51.7 Å². The molecule has 0 saturated carbocycles. The Morgan fingerprint density at radius 2 is 1.12 bits per heavy atom. The van der Waals surface area contributed by atoms with Crippen LogP contribution in [0.4, 0.5) is 0 Å². The third-order valence-corrected chi connectivity index (χ3v) is 5.40. The van der Waals surface area contributed by atoms with E-state index in [0.717, 1.165) is 11.1 Å². The number of phenolic OH excluding ortho intramolecular Hbond substituents is 2. The summed E-state index contributed by atoms with van der Waals surface area (Å²) >= 11 is 0. The molecule has 0 atom stereocenters. The van der Waals surface area contributed by atoms with E-state index in [-0.39, 0.29) is 22.3 Å². The summed E-state index contributed by atoms with van der Waals surface area (Å²) in [5.74, 6) is 0.861. The Balaban J connectivity index is 1.84. The SMILES string of the molecule is CC1(C)CC2(CC(C)(C)c3ccc(O)cc3O2)Oc2cc(O)ccc21. The van der Waals surface area contributed by atoms with Gasteiger partial charge in [-0.25, -0.2) is 0 Å². The number of ether oxygens (including phenoxy) is 2. The van der Waals surface area contributed by atoms with Gasteiger partial charge in [0.25, 0.3) is 5.79 Å².